The van der Waals surface area contributed by atoms with Crippen molar-refractivity contribution in [3.8, 4) is 11.4 Å². The third kappa shape index (κ3) is 3.04. The van der Waals surface area contributed by atoms with Crippen molar-refractivity contribution in [3.05, 3.63) is 51.5 Å². The number of carbonyl (C=O) groups is 1. The van der Waals surface area contributed by atoms with E-state index in [-0.39, 0.29) is 5.56 Å². The molecule has 9 nitrogen and oxygen atoms in total. The van der Waals surface area contributed by atoms with Crippen LogP contribution in [0.5, 0.6) is 0 Å². The first-order valence-electron chi connectivity index (χ1n) is 7.60. The quantitative estimate of drug-likeness (QED) is 0.479. The fourth-order valence-electron chi connectivity index (χ4n) is 2.57. The number of aromatic carboxylic acids is 1. The number of carboxylic acid groups (broad SMARTS) is 1. The minimum Gasteiger partial charge on any atom is -0.477 e. The maximum atomic E-state index is 11.9. The van der Waals surface area contributed by atoms with Crippen LogP contribution in [0, 0.1) is 0 Å². The van der Waals surface area contributed by atoms with Gasteiger partial charge in [0.2, 0.25) is 5.13 Å². The Hall–Kier alpha value is -3.24. The Labute approximate surface area is 160 Å². The van der Waals surface area contributed by atoms with E-state index in [0.717, 1.165) is 22.4 Å². The number of fused-ring (bicyclic) bond motifs is 1. The molecule has 4 rings (SSSR count). The van der Waals surface area contributed by atoms with Crippen molar-refractivity contribution in [1.29, 1.82) is 0 Å². The van der Waals surface area contributed by atoms with E-state index in [1.54, 1.807) is 12.3 Å². The number of nitrogens with zero attached hydrogens (tertiary/aromatic N) is 4. The molecular weight excluding hydrogens is 392 g/mol. The second-order valence-electron chi connectivity index (χ2n) is 5.67. The van der Waals surface area contributed by atoms with E-state index in [1.807, 2.05) is 6.07 Å². The van der Waals surface area contributed by atoms with Gasteiger partial charge in [0, 0.05) is 35.7 Å². The van der Waals surface area contributed by atoms with Gasteiger partial charge < -0.3 is 15.0 Å². The van der Waals surface area contributed by atoms with Gasteiger partial charge in [0.1, 0.15) is 5.56 Å². The number of halogens is 1. The van der Waals surface area contributed by atoms with Crippen LogP contribution < -0.4 is 10.9 Å². The third-order valence-corrected chi connectivity index (χ3v) is 4.94. The Morgan fingerprint density at radius 3 is 3.00 bits per heavy atom. The number of pyridine rings is 1. The van der Waals surface area contributed by atoms with Gasteiger partial charge in [0.25, 0.3) is 5.56 Å². The molecule has 0 amide bonds. The molecule has 4 aromatic rings. The normalized spacial score (nSPS) is 11.0. The highest BCUT2D eigenvalue weighted by molar-refractivity contribution is 7.10. The van der Waals surface area contributed by atoms with E-state index in [4.69, 9.17) is 11.6 Å². The maximum Gasteiger partial charge on any atom is 0.341 e. The Bertz CT molecular complexity index is 1240. The summed E-state index contributed by atoms with van der Waals surface area (Å²) in [5.74, 6) is -0.993. The number of aromatic amines is 1. The number of rotatable bonds is 4. The molecule has 3 N–H and O–H groups in total. The molecule has 0 unspecified atom stereocenters. The fourth-order valence-corrected chi connectivity index (χ4v) is 3.44. The second kappa shape index (κ2) is 6.49. The average Bonchev–Trinajstić information content (AvgIpc) is 3.29. The van der Waals surface area contributed by atoms with Crippen molar-refractivity contribution in [2.24, 2.45) is 7.05 Å². The van der Waals surface area contributed by atoms with Gasteiger partial charge in [0.05, 0.1) is 22.4 Å². The Morgan fingerprint density at radius 1 is 1.41 bits per heavy atom. The van der Waals surface area contributed by atoms with Crippen LogP contribution in [0.2, 0.25) is 5.02 Å². The van der Waals surface area contributed by atoms with Crippen molar-refractivity contribution >= 4 is 50.8 Å². The molecule has 1 aromatic carbocycles. The summed E-state index contributed by atoms with van der Waals surface area (Å²) in [6, 6.07) is 4.89. The summed E-state index contributed by atoms with van der Waals surface area (Å²) in [6.45, 7) is 0. The molecule has 3 heterocycles. The van der Waals surface area contributed by atoms with Gasteiger partial charge in [-0.15, -0.1) is 0 Å². The van der Waals surface area contributed by atoms with E-state index in [9.17, 15) is 14.7 Å². The van der Waals surface area contributed by atoms with Crippen LogP contribution in [-0.2, 0) is 7.05 Å². The summed E-state index contributed by atoms with van der Waals surface area (Å²) >= 11 is 7.47. The molecule has 11 heteroatoms. The van der Waals surface area contributed by atoms with E-state index in [2.05, 4.69) is 24.9 Å². The molecular formula is C16H11ClN6O3S. The summed E-state index contributed by atoms with van der Waals surface area (Å²) in [6.07, 6.45) is 3.12. The largest absolute Gasteiger partial charge is 0.477 e. The molecule has 136 valence electrons. The van der Waals surface area contributed by atoms with Crippen molar-refractivity contribution in [3.63, 3.8) is 0 Å². The molecule has 0 aliphatic rings. The van der Waals surface area contributed by atoms with Crippen LogP contribution in [0.1, 0.15) is 10.4 Å². The zero-order valence-electron chi connectivity index (χ0n) is 13.7. The zero-order valence-corrected chi connectivity index (χ0v) is 15.3. The van der Waals surface area contributed by atoms with E-state index < -0.39 is 11.5 Å². The third-order valence-electron chi connectivity index (χ3n) is 3.90. The predicted octanol–water partition coefficient (Wildman–Crippen LogP) is 2.88. The van der Waals surface area contributed by atoms with E-state index in [0.29, 0.717) is 27.2 Å². The number of anilines is 2. The Morgan fingerprint density at radius 2 is 2.22 bits per heavy atom. The lowest BCUT2D eigenvalue weighted by Crippen LogP contribution is -2.23. The van der Waals surface area contributed by atoms with E-state index in [1.165, 1.54) is 23.9 Å². The van der Waals surface area contributed by atoms with Gasteiger partial charge in [-0.05, 0) is 18.2 Å². The molecule has 0 fully saturated rings. The highest BCUT2D eigenvalue weighted by Gasteiger charge is 2.16. The highest BCUT2D eigenvalue weighted by Crippen LogP contribution is 2.33. The van der Waals surface area contributed by atoms with Gasteiger partial charge in [-0.25, -0.2) is 4.79 Å². The topological polar surface area (TPSA) is 126 Å². The van der Waals surface area contributed by atoms with Crippen LogP contribution in [0.4, 0.5) is 10.8 Å². The van der Waals surface area contributed by atoms with Gasteiger partial charge in [-0.1, -0.05) is 11.6 Å². The molecule has 3 aromatic heterocycles. The maximum absolute atomic E-state index is 11.9. The first-order valence-corrected chi connectivity index (χ1v) is 8.76. The van der Waals surface area contributed by atoms with Crippen molar-refractivity contribution < 1.29 is 9.90 Å². The summed E-state index contributed by atoms with van der Waals surface area (Å²) < 4.78 is 5.43. The minimum absolute atomic E-state index is 0.307. The van der Waals surface area contributed by atoms with Crippen LogP contribution in [0.15, 0.2) is 35.4 Å². The number of aromatic nitrogens is 5. The lowest BCUT2D eigenvalue weighted by molar-refractivity contribution is 0.0694. The van der Waals surface area contributed by atoms with Gasteiger partial charge >= 0.3 is 5.97 Å². The Kier molecular flexibility index (Phi) is 4.13. The minimum atomic E-state index is -1.30. The van der Waals surface area contributed by atoms with Crippen LogP contribution in [-0.4, -0.2) is 35.2 Å². The number of hydrogen-bond acceptors (Lipinski definition) is 7. The second-order valence-corrected chi connectivity index (χ2v) is 6.80. The van der Waals surface area contributed by atoms with E-state index >= 15 is 0 Å². The van der Waals surface area contributed by atoms with Gasteiger partial charge in [0.15, 0.2) is 5.82 Å². The number of hydrogen-bond donors (Lipinski definition) is 3. The molecule has 0 saturated carbocycles. The first kappa shape index (κ1) is 17.2. The smallest absolute Gasteiger partial charge is 0.341 e. The molecule has 0 atom stereocenters. The highest BCUT2D eigenvalue weighted by atomic mass is 35.5. The molecule has 0 aliphatic carbocycles. The van der Waals surface area contributed by atoms with Crippen molar-refractivity contribution in [2.75, 3.05) is 5.32 Å². The number of H-pyrrole nitrogens is 1. The van der Waals surface area contributed by atoms with Crippen LogP contribution in [0.25, 0.3) is 22.3 Å². The van der Waals surface area contributed by atoms with Crippen molar-refractivity contribution in [2.45, 2.75) is 0 Å². The summed E-state index contributed by atoms with van der Waals surface area (Å²) in [5.41, 5.74) is 0.942. The number of benzene rings is 1. The zero-order chi connectivity index (χ0) is 19.1. The molecule has 0 bridgehead atoms. The number of carboxylic acids is 1. The van der Waals surface area contributed by atoms with Crippen LogP contribution in [0.3, 0.4) is 0 Å². The standard InChI is InChI=1S/C16H11ClN6O3S/c1-23-6-7(4-8(14(23)24)15(25)26)13-20-16(27-22-13)19-11-3-2-10-9(12(11)17)5-18-21-10/h2-6H,1H3,(H,18,21)(H,25,26)(H,19,20,22). The monoisotopic (exact) mass is 402 g/mol. The molecule has 27 heavy (non-hydrogen) atoms. The molecule has 0 saturated heterocycles. The summed E-state index contributed by atoms with van der Waals surface area (Å²) in [5, 5.41) is 20.8. The van der Waals surface area contributed by atoms with Gasteiger partial charge in [-0.2, -0.15) is 14.5 Å². The number of aryl methyl sites for hydroxylation is 1. The summed E-state index contributed by atoms with van der Waals surface area (Å²) in [7, 11) is 1.48. The summed E-state index contributed by atoms with van der Waals surface area (Å²) in [4.78, 5) is 27.5. The molecule has 0 radical (unpaired) electrons. The fraction of sp³-hybridized carbons (Fsp3) is 0.0625. The number of nitrogens with one attached hydrogen (secondary N) is 2. The lowest BCUT2D eigenvalue weighted by atomic mass is 10.2. The SMILES string of the molecule is Cn1cc(-c2nsc(Nc3ccc4[nH]ncc4c3Cl)n2)cc(C(=O)O)c1=O. The van der Waals surface area contributed by atoms with Crippen LogP contribution >= 0.6 is 23.1 Å². The predicted molar refractivity (Wildman–Crippen MR) is 102 cm³/mol. The van der Waals surface area contributed by atoms with Crippen molar-refractivity contribution in [1.82, 2.24) is 24.1 Å². The lowest BCUT2D eigenvalue weighted by Gasteiger charge is -2.05. The Balaban J connectivity index is 1.68. The first-order chi connectivity index (χ1) is 12.9. The van der Waals surface area contributed by atoms with Gasteiger partial charge in [-0.3, -0.25) is 9.89 Å². The molecule has 0 spiro atoms. The average molecular weight is 403 g/mol. The molecule has 0 aliphatic heterocycles.